The first-order valence-corrected chi connectivity index (χ1v) is 8.05. The van der Waals surface area contributed by atoms with E-state index in [1.54, 1.807) is 0 Å². The first kappa shape index (κ1) is 19.4. The highest BCUT2D eigenvalue weighted by molar-refractivity contribution is 7.91. The van der Waals surface area contributed by atoms with Gasteiger partial charge in [0.1, 0.15) is 17.5 Å². The van der Waals surface area contributed by atoms with Gasteiger partial charge in [-0.2, -0.15) is 12.6 Å². The minimum absolute atomic E-state index is 0.190. The minimum atomic E-state index is -1.00. The summed E-state index contributed by atoms with van der Waals surface area (Å²) in [4.78, 5) is 9.76. The zero-order chi connectivity index (χ0) is 13.7. The first-order chi connectivity index (χ1) is 7.99. The molecule has 1 unspecified atom stereocenters. The molecule has 0 aliphatic heterocycles. The average Bonchev–Trinajstić information content (AvgIpc) is 2.33. The molecule has 6 heteroatoms. The molecule has 3 N–H and O–H groups in total. The molecular formula is C11H25NO3S2. The summed E-state index contributed by atoms with van der Waals surface area (Å²) < 4.78 is 11.1. The molecule has 4 nitrogen and oxygen atoms in total. The highest BCUT2D eigenvalue weighted by atomic mass is 32.2. The summed E-state index contributed by atoms with van der Waals surface area (Å²) in [5, 5.41) is 8.01. The third kappa shape index (κ3) is 16.1. The topological polar surface area (TPSA) is 86.4 Å². The highest BCUT2D eigenvalue weighted by Crippen LogP contribution is 2.00. The molecule has 0 amide bonds. The monoisotopic (exact) mass is 283 g/mol. The van der Waals surface area contributed by atoms with Crippen LogP contribution in [-0.4, -0.2) is 38.9 Å². The third-order valence-electron chi connectivity index (χ3n) is 1.97. The van der Waals surface area contributed by atoms with Gasteiger partial charge in [-0.05, 0) is 12.8 Å². The Morgan fingerprint density at radius 2 is 1.76 bits per heavy atom. The Morgan fingerprint density at radius 3 is 1.94 bits per heavy atom. The molecular weight excluding hydrogens is 258 g/mol. The van der Waals surface area contributed by atoms with E-state index in [-0.39, 0.29) is 5.75 Å². The van der Waals surface area contributed by atoms with Crippen molar-refractivity contribution in [1.29, 1.82) is 0 Å². The molecule has 1 atom stereocenters. The molecule has 0 heterocycles. The molecule has 0 bridgehead atoms. The number of nitrogens with two attached hydrogens (primary N) is 1. The second kappa shape index (κ2) is 14.2. The largest absolute Gasteiger partial charge is 0.616 e. The SMILES string of the molecule is CCCC[S+]([O-])CCCC.NC(CS)C(=O)O. The van der Waals surface area contributed by atoms with Gasteiger partial charge in [0.15, 0.2) is 0 Å². The van der Waals surface area contributed by atoms with Gasteiger partial charge in [0.25, 0.3) is 0 Å². The third-order valence-corrected chi connectivity index (χ3v) is 3.85. The van der Waals surface area contributed by atoms with Crippen LogP contribution in [0.2, 0.25) is 0 Å². The van der Waals surface area contributed by atoms with Crippen LogP contribution in [0.3, 0.4) is 0 Å². The molecule has 0 saturated carbocycles. The van der Waals surface area contributed by atoms with Gasteiger partial charge >= 0.3 is 5.97 Å². The number of carbonyl (C=O) groups is 1. The van der Waals surface area contributed by atoms with Crippen molar-refractivity contribution in [2.75, 3.05) is 17.3 Å². The summed E-state index contributed by atoms with van der Waals surface area (Å²) in [5.41, 5.74) is 4.94. The van der Waals surface area contributed by atoms with Crippen LogP contribution in [0, 0.1) is 0 Å². The maximum atomic E-state index is 11.1. The Morgan fingerprint density at radius 1 is 1.35 bits per heavy atom. The number of aliphatic carboxylic acids is 1. The van der Waals surface area contributed by atoms with Crippen LogP contribution in [-0.2, 0) is 16.0 Å². The van der Waals surface area contributed by atoms with Gasteiger partial charge in [0, 0.05) is 5.75 Å². The summed E-state index contributed by atoms with van der Waals surface area (Å²) in [6, 6.07) is -0.816. The number of rotatable bonds is 8. The summed E-state index contributed by atoms with van der Waals surface area (Å²) in [7, 11) is 0. The van der Waals surface area contributed by atoms with Crippen molar-refractivity contribution in [3.05, 3.63) is 0 Å². The summed E-state index contributed by atoms with van der Waals surface area (Å²) >= 11 is 3.13. The van der Waals surface area contributed by atoms with Crippen molar-refractivity contribution in [3.8, 4) is 0 Å². The molecule has 0 fully saturated rings. The molecule has 0 radical (unpaired) electrons. The summed E-state index contributed by atoms with van der Waals surface area (Å²) in [6.45, 7) is 4.27. The van der Waals surface area contributed by atoms with Gasteiger partial charge in [-0.25, -0.2) is 0 Å². The van der Waals surface area contributed by atoms with E-state index < -0.39 is 23.2 Å². The van der Waals surface area contributed by atoms with Gasteiger partial charge in [-0.3, -0.25) is 4.79 Å². The molecule has 0 aliphatic carbocycles. The minimum Gasteiger partial charge on any atom is -0.616 e. The van der Waals surface area contributed by atoms with Crippen LogP contribution in [0.25, 0.3) is 0 Å². The maximum absolute atomic E-state index is 11.1. The summed E-state index contributed by atoms with van der Waals surface area (Å²) in [5.74, 6) is 1.01. The molecule has 0 spiro atoms. The van der Waals surface area contributed by atoms with Crippen molar-refractivity contribution < 1.29 is 14.5 Å². The Kier molecular flexibility index (Phi) is 16.2. The van der Waals surface area contributed by atoms with E-state index in [0.717, 1.165) is 37.2 Å². The van der Waals surface area contributed by atoms with E-state index in [1.165, 1.54) is 0 Å². The molecule has 0 rings (SSSR count). The average molecular weight is 283 g/mol. The highest BCUT2D eigenvalue weighted by Gasteiger charge is 2.06. The van der Waals surface area contributed by atoms with Crippen LogP contribution in [0.1, 0.15) is 39.5 Å². The first-order valence-electron chi connectivity index (χ1n) is 5.93. The number of carboxylic acid groups (broad SMARTS) is 1. The number of hydrogen-bond acceptors (Lipinski definition) is 4. The predicted octanol–water partition coefficient (Wildman–Crippen LogP) is 1.66. The van der Waals surface area contributed by atoms with Gasteiger partial charge in [-0.1, -0.05) is 37.9 Å². The predicted molar refractivity (Wildman–Crippen MR) is 77.2 cm³/mol. The Bertz CT molecular complexity index is 174. The van der Waals surface area contributed by atoms with Gasteiger partial charge in [-0.15, -0.1) is 0 Å². The molecule has 17 heavy (non-hydrogen) atoms. The Labute approximate surface area is 113 Å². The maximum Gasteiger partial charge on any atom is 0.321 e. The molecule has 0 aromatic rings. The zero-order valence-corrected chi connectivity index (χ0v) is 12.4. The second-order valence-corrected chi connectivity index (χ2v) is 5.74. The Hall–Kier alpha value is 0.0900. The molecule has 0 saturated heterocycles. The molecule has 104 valence electrons. The van der Waals surface area contributed by atoms with E-state index >= 15 is 0 Å². The quantitative estimate of drug-likeness (QED) is 0.467. The van der Waals surface area contributed by atoms with E-state index in [9.17, 15) is 9.35 Å². The van der Waals surface area contributed by atoms with Gasteiger partial charge in [0.2, 0.25) is 0 Å². The van der Waals surface area contributed by atoms with Crippen molar-refractivity contribution in [1.82, 2.24) is 0 Å². The van der Waals surface area contributed by atoms with Crippen LogP contribution >= 0.6 is 12.6 Å². The zero-order valence-electron chi connectivity index (χ0n) is 10.7. The van der Waals surface area contributed by atoms with Crippen molar-refractivity contribution >= 4 is 29.8 Å². The Balaban J connectivity index is 0. The number of unbranched alkanes of at least 4 members (excludes halogenated alkanes) is 2. The van der Waals surface area contributed by atoms with E-state index in [1.807, 2.05) is 0 Å². The van der Waals surface area contributed by atoms with E-state index in [0.29, 0.717) is 0 Å². The van der Waals surface area contributed by atoms with E-state index in [2.05, 4.69) is 26.5 Å². The molecule has 0 aromatic carbocycles. The van der Waals surface area contributed by atoms with Crippen molar-refractivity contribution in [3.63, 3.8) is 0 Å². The lowest BCUT2D eigenvalue weighted by Crippen LogP contribution is -2.31. The lowest BCUT2D eigenvalue weighted by atomic mass is 10.4. The van der Waals surface area contributed by atoms with Crippen molar-refractivity contribution in [2.45, 2.75) is 45.6 Å². The molecule has 0 aromatic heterocycles. The van der Waals surface area contributed by atoms with Crippen LogP contribution < -0.4 is 5.73 Å². The molecule has 0 aliphatic rings. The van der Waals surface area contributed by atoms with E-state index in [4.69, 9.17) is 10.8 Å². The smallest absolute Gasteiger partial charge is 0.321 e. The fourth-order valence-electron chi connectivity index (χ4n) is 0.791. The number of thiol groups is 1. The van der Waals surface area contributed by atoms with Crippen molar-refractivity contribution in [2.24, 2.45) is 5.73 Å². The van der Waals surface area contributed by atoms with Gasteiger partial charge in [0.05, 0.1) is 0 Å². The summed E-state index contributed by atoms with van der Waals surface area (Å²) in [6.07, 6.45) is 4.57. The van der Waals surface area contributed by atoms with Gasteiger partial charge < -0.3 is 15.4 Å². The van der Waals surface area contributed by atoms with Crippen LogP contribution in [0.5, 0.6) is 0 Å². The fraction of sp³-hybridized carbons (Fsp3) is 0.909. The number of hydrogen-bond donors (Lipinski definition) is 3. The standard InChI is InChI=1S/C8H18OS.C3H7NO2S/c1-3-5-7-10(9)8-6-4-2;4-2(1-7)3(5)6/h3-8H2,1-2H3;2,7H,1,4H2,(H,5,6). The fourth-order valence-corrected chi connectivity index (χ4v) is 2.37. The van der Waals surface area contributed by atoms with Crippen LogP contribution in [0.15, 0.2) is 0 Å². The lowest BCUT2D eigenvalue weighted by molar-refractivity contribution is -0.137. The normalized spacial score (nSPS) is 11.9. The lowest BCUT2D eigenvalue weighted by Gasteiger charge is -2.08. The second-order valence-electron chi connectivity index (χ2n) is 3.68. The number of carboxylic acids is 1. The van der Waals surface area contributed by atoms with Crippen LogP contribution in [0.4, 0.5) is 0 Å².